The first kappa shape index (κ1) is 30.1. The van der Waals surface area contributed by atoms with E-state index in [0.717, 1.165) is 23.4 Å². The summed E-state index contributed by atoms with van der Waals surface area (Å²) in [4.78, 5) is 19.8. The van der Waals surface area contributed by atoms with E-state index in [1.54, 1.807) is 37.4 Å². The minimum absolute atomic E-state index is 0.0666. The van der Waals surface area contributed by atoms with Crippen LogP contribution in [0.5, 0.6) is 5.88 Å². The van der Waals surface area contributed by atoms with E-state index in [2.05, 4.69) is 29.6 Å². The minimum Gasteiger partial charge on any atom is -0.481 e. The number of halogens is 4. The summed E-state index contributed by atoms with van der Waals surface area (Å²) in [5.74, 6) is -0.485. The second-order valence-electron chi connectivity index (χ2n) is 11.5. The Balaban J connectivity index is 1.56. The van der Waals surface area contributed by atoms with Gasteiger partial charge in [0.05, 0.1) is 5.02 Å². The summed E-state index contributed by atoms with van der Waals surface area (Å²) in [5, 5.41) is 9.72. The van der Waals surface area contributed by atoms with Gasteiger partial charge in [-0.05, 0) is 56.0 Å². The van der Waals surface area contributed by atoms with Crippen LogP contribution in [0, 0.1) is 12.3 Å². The molecule has 1 aliphatic carbocycles. The zero-order chi connectivity index (χ0) is 29.5. The van der Waals surface area contributed by atoms with E-state index in [-0.39, 0.29) is 17.6 Å². The number of carboxylic acid groups (broad SMARTS) is 1. The van der Waals surface area contributed by atoms with E-state index in [1.165, 1.54) is 4.57 Å². The lowest BCUT2D eigenvalue weighted by Crippen LogP contribution is -2.32. The smallest absolute Gasteiger partial charge is 0.434 e. The molecule has 40 heavy (non-hydrogen) atoms. The number of hydrogen-bond donors (Lipinski definition) is 1. The Morgan fingerprint density at radius 2 is 1.93 bits per heavy atom. The van der Waals surface area contributed by atoms with E-state index in [9.17, 15) is 23.1 Å². The summed E-state index contributed by atoms with van der Waals surface area (Å²) in [6.07, 6.45) is -1.45. The fraction of sp³-hybridized carbons (Fsp3) is 0.464. The number of carbonyl (C=O) groups is 1. The maximum atomic E-state index is 13.5. The summed E-state index contributed by atoms with van der Waals surface area (Å²) in [6.45, 7) is 10.6. The largest absolute Gasteiger partial charge is 0.481 e. The van der Waals surface area contributed by atoms with Crippen LogP contribution in [0.4, 0.5) is 13.2 Å². The summed E-state index contributed by atoms with van der Waals surface area (Å²) < 4.78 is 53.4. The summed E-state index contributed by atoms with van der Waals surface area (Å²) in [7, 11) is -1.36. The number of nitrogens with zero attached hydrogens (tertiary/aromatic N) is 3. The summed E-state index contributed by atoms with van der Waals surface area (Å²) in [6, 6.07) is 7.65. The number of rotatable bonds is 11. The molecule has 1 N–H and O–H groups in total. The molecule has 0 bridgehead atoms. The molecule has 3 aromatic rings. The van der Waals surface area contributed by atoms with Crippen molar-refractivity contribution in [3.8, 4) is 28.4 Å². The molecule has 0 saturated heterocycles. The Hall–Kier alpha value is -2.89. The predicted molar refractivity (Wildman–Crippen MR) is 149 cm³/mol. The number of aliphatic carboxylic acids is 1. The maximum Gasteiger partial charge on any atom is 0.434 e. The second kappa shape index (κ2) is 11.2. The molecule has 2 aromatic heterocycles. The van der Waals surface area contributed by atoms with Gasteiger partial charge >= 0.3 is 12.1 Å². The third-order valence-electron chi connectivity index (χ3n) is 7.19. The van der Waals surface area contributed by atoms with Crippen molar-refractivity contribution in [3.05, 3.63) is 52.9 Å². The van der Waals surface area contributed by atoms with Crippen molar-refractivity contribution in [3.63, 3.8) is 0 Å². The van der Waals surface area contributed by atoms with Crippen LogP contribution in [0.15, 0.2) is 36.7 Å². The number of benzene rings is 1. The number of hydrogen-bond acceptors (Lipinski definition) is 5. The van der Waals surface area contributed by atoms with Gasteiger partial charge in [0, 0.05) is 44.3 Å². The highest BCUT2D eigenvalue weighted by molar-refractivity contribution is 6.76. The molecule has 12 heteroatoms. The van der Waals surface area contributed by atoms with Crippen LogP contribution >= 0.6 is 11.6 Å². The average molecular weight is 596 g/mol. The van der Waals surface area contributed by atoms with Gasteiger partial charge < -0.3 is 19.1 Å². The van der Waals surface area contributed by atoms with Crippen LogP contribution in [0.2, 0.25) is 30.7 Å². The third-order valence-corrected chi connectivity index (χ3v) is 9.21. The van der Waals surface area contributed by atoms with Crippen LogP contribution in [0.3, 0.4) is 0 Å². The number of imidazole rings is 1. The van der Waals surface area contributed by atoms with Gasteiger partial charge in [-0.15, -0.1) is 0 Å². The molecular formula is C28H33ClF3N3O4Si. The van der Waals surface area contributed by atoms with E-state index in [1.807, 2.05) is 6.92 Å². The highest BCUT2D eigenvalue weighted by Crippen LogP contribution is 2.50. The molecule has 0 radical (unpaired) electrons. The van der Waals surface area contributed by atoms with Crippen LogP contribution in [0.25, 0.3) is 22.5 Å². The fourth-order valence-corrected chi connectivity index (χ4v) is 5.41. The van der Waals surface area contributed by atoms with E-state index >= 15 is 0 Å². The lowest BCUT2D eigenvalue weighted by atomic mass is 10.0. The Kier molecular flexibility index (Phi) is 8.40. The molecule has 1 saturated carbocycles. The van der Waals surface area contributed by atoms with Gasteiger partial charge in [0.15, 0.2) is 5.69 Å². The summed E-state index contributed by atoms with van der Waals surface area (Å²) in [5.41, 5.74) is 0.742. The Bertz CT molecular complexity index is 1400. The molecule has 7 nitrogen and oxygen atoms in total. The zero-order valence-electron chi connectivity index (χ0n) is 23.1. The van der Waals surface area contributed by atoms with Crippen molar-refractivity contribution in [1.82, 2.24) is 14.5 Å². The van der Waals surface area contributed by atoms with Crippen LogP contribution in [-0.4, -0.2) is 46.4 Å². The molecule has 0 spiro atoms. The third kappa shape index (κ3) is 6.69. The first-order valence-electron chi connectivity index (χ1n) is 13.0. The van der Waals surface area contributed by atoms with E-state index in [4.69, 9.17) is 21.1 Å². The van der Waals surface area contributed by atoms with Crippen molar-refractivity contribution in [2.24, 2.45) is 5.41 Å². The normalized spacial score (nSPS) is 15.6. The van der Waals surface area contributed by atoms with Gasteiger partial charge in [-0.1, -0.05) is 37.3 Å². The van der Waals surface area contributed by atoms with Gasteiger partial charge in [0.1, 0.15) is 24.1 Å². The van der Waals surface area contributed by atoms with Crippen molar-refractivity contribution in [2.75, 3.05) is 6.61 Å². The van der Waals surface area contributed by atoms with E-state index in [0.29, 0.717) is 36.5 Å². The predicted octanol–water partition coefficient (Wildman–Crippen LogP) is 7.54. The summed E-state index contributed by atoms with van der Waals surface area (Å²) >= 11 is 6.60. The van der Waals surface area contributed by atoms with Gasteiger partial charge in [-0.2, -0.15) is 13.2 Å². The topological polar surface area (TPSA) is 86.5 Å². The molecular weight excluding hydrogens is 563 g/mol. The monoisotopic (exact) mass is 595 g/mol. The van der Waals surface area contributed by atoms with Crippen molar-refractivity contribution >= 4 is 25.6 Å². The molecule has 0 aliphatic heterocycles. The first-order chi connectivity index (χ1) is 18.6. The average Bonchev–Trinajstić information content (AvgIpc) is 3.55. The van der Waals surface area contributed by atoms with Crippen LogP contribution in [0.1, 0.15) is 31.0 Å². The molecule has 2 heterocycles. The number of pyridine rings is 1. The van der Waals surface area contributed by atoms with Gasteiger partial charge in [0.2, 0.25) is 5.88 Å². The fourth-order valence-electron chi connectivity index (χ4n) is 4.39. The van der Waals surface area contributed by atoms with Crippen molar-refractivity contribution < 1.29 is 32.5 Å². The number of ether oxygens (including phenoxy) is 2. The Morgan fingerprint density at radius 3 is 2.48 bits per heavy atom. The number of aryl methyl sites for hydroxylation is 1. The minimum atomic E-state index is -4.61. The standard InChI is InChI=1S/C28H33ClF3N3O4Si/c1-17-12-24(39-18(2)27(8-9-27)26(36)37)33-14-21(17)19-6-7-20(22(29)13-19)25-34-23(28(30,31)32)15-35(25)16-38-10-11-40(3,4)5/h6-7,12-15,18H,8-11,16H2,1-5H3,(H,36,37). The molecule has 1 unspecified atom stereocenters. The highest BCUT2D eigenvalue weighted by Gasteiger charge is 2.56. The molecule has 216 valence electrons. The highest BCUT2D eigenvalue weighted by atomic mass is 35.5. The molecule has 1 aliphatic rings. The first-order valence-corrected chi connectivity index (χ1v) is 17.1. The van der Waals surface area contributed by atoms with Gasteiger partial charge in [-0.25, -0.2) is 9.97 Å². The van der Waals surface area contributed by atoms with E-state index < -0.39 is 37.4 Å². The zero-order valence-corrected chi connectivity index (χ0v) is 24.9. The Morgan fingerprint density at radius 1 is 1.23 bits per heavy atom. The van der Waals surface area contributed by atoms with Crippen molar-refractivity contribution in [1.29, 1.82) is 0 Å². The molecule has 1 fully saturated rings. The Labute approximate surface area is 237 Å². The lowest BCUT2D eigenvalue weighted by Gasteiger charge is -2.20. The quantitative estimate of drug-likeness (QED) is 0.182. The molecule has 4 rings (SSSR count). The van der Waals surface area contributed by atoms with Crippen LogP contribution in [-0.2, 0) is 22.4 Å². The van der Waals surface area contributed by atoms with Gasteiger partial charge in [0.25, 0.3) is 0 Å². The SMILES string of the molecule is Cc1cc(OC(C)C2(C(=O)O)CC2)ncc1-c1ccc(-c2nc(C(F)(F)F)cn2COCC[Si](C)(C)C)c(Cl)c1. The molecule has 0 amide bonds. The van der Waals surface area contributed by atoms with Gasteiger partial charge in [-0.3, -0.25) is 4.79 Å². The lowest BCUT2D eigenvalue weighted by molar-refractivity contribution is -0.147. The van der Waals surface area contributed by atoms with Crippen molar-refractivity contribution in [2.45, 2.75) is 71.4 Å². The second-order valence-corrected chi connectivity index (χ2v) is 17.5. The molecule has 1 atom stereocenters. The number of alkyl halides is 3. The van der Waals surface area contributed by atoms with Crippen LogP contribution < -0.4 is 4.74 Å². The number of aromatic nitrogens is 3. The number of carboxylic acids is 1. The molecule has 1 aromatic carbocycles. The maximum absolute atomic E-state index is 13.5.